The lowest BCUT2D eigenvalue weighted by molar-refractivity contribution is -0.385. The number of para-hydroxylation sites is 1. The molecule has 0 aliphatic carbocycles. The maximum Gasteiger partial charge on any atom is 0.276 e. The first kappa shape index (κ1) is 14.4. The molecule has 1 fully saturated rings. The predicted octanol–water partition coefficient (Wildman–Crippen LogP) is 2.45. The van der Waals surface area contributed by atoms with Crippen LogP contribution in [0.5, 0.6) is 0 Å². The predicted molar refractivity (Wildman–Crippen MR) is 82.5 cm³/mol. The van der Waals surface area contributed by atoms with Crippen molar-refractivity contribution in [2.75, 3.05) is 5.75 Å². The molecule has 20 heavy (non-hydrogen) atoms. The fourth-order valence-corrected chi connectivity index (χ4v) is 2.47. The molecule has 1 aliphatic heterocycles. The largest absolute Gasteiger partial charge is 0.276 e. The minimum atomic E-state index is -0.452. The molecule has 8 heteroatoms. The Morgan fingerprint density at radius 1 is 1.45 bits per heavy atom. The van der Waals surface area contributed by atoms with Gasteiger partial charge in [0, 0.05) is 12.3 Å². The number of nitro groups is 1. The fraction of sp³-hybridized carbons (Fsp3) is 0.0833. The van der Waals surface area contributed by atoms with Crippen LogP contribution in [0.25, 0.3) is 6.08 Å². The van der Waals surface area contributed by atoms with Gasteiger partial charge in [-0.15, -0.1) is 0 Å². The minimum absolute atomic E-state index is 0.0143. The number of allylic oxidation sites excluding steroid dienone is 1. The number of thiocarbonyl (C=S) groups is 1. The average Bonchev–Trinajstić information content (AvgIpc) is 2.75. The van der Waals surface area contributed by atoms with Gasteiger partial charge >= 0.3 is 0 Å². The lowest BCUT2D eigenvalue weighted by atomic mass is 10.2. The van der Waals surface area contributed by atoms with Gasteiger partial charge in [0.1, 0.15) is 0 Å². The van der Waals surface area contributed by atoms with Crippen LogP contribution in [-0.4, -0.2) is 32.1 Å². The number of carbonyl (C=O) groups is 1. The number of rotatable bonds is 4. The van der Waals surface area contributed by atoms with E-state index in [1.54, 1.807) is 24.3 Å². The number of nitrogens with zero attached hydrogens (tertiary/aromatic N) is 3. The summed E-state index contributed by atoms with van der Waals surface area (Å²) in [5, 5.41) is 15.9. The zero-order valence-corrected chi connectivity index (χ0v) is 11.8. The fourth-order valence-electron chi connectivity index (χ4n) is 1.51. The van der Waals surface area contributed by atoms with Crippen molar-refractivity contribution >= 4 is 52.2 Å². The molecule has 1 aromatic carbocycles. The van der Waals surface area contributed by atoms with Gasteiger partial charge in [-0.3, -0.25) is 14.9 Å². The van der Waals surface area contributed by atoms with Gasteiger partial charge in [0.2, 0.25) is 0 Å². The highest BCUT2D eigenvalue weighted by Crippen LogP contribution is 2.20. The van der Waals surface area contributed by atoms with E-state index in [4.69, 9.17) is 12.2 Å². The highest BCUT2D eigenvalue weighted by Gasteiger charge is 2.25. The second-order valence-electron chi connectivity index (χ2n) is 3.70. The summed E-state index contributed by atoms with van der Waals surface area (Å²) >= 11 is 6.21. The molecule has 1 heterocycles. The lowest BCUT2D eigenvalue weighted by Crippen LogP contribution is -2.22. The highest BCUT2D eigenvalue weighted by molar-refractivity contribution is 8.23. The molecule has 0 spiro atoms. The Kier molecular flexibility index (Phi) is 4.59. The summed E-state index contributed by atoms with van der Waals surface area (Å²) in [5.41, 5.74) is 0.481. The van der Waals surface area contributed by atoms with Gasteiger partial charge in [-0.05, 0) is 18.2 Å². The summed E-state index contributed by atoms with van der Waals surface area (Å²) < 4.78 is 0.408. The maximum atomic E-state index is 11.4. The van der Waals surface area contributed by atoms with Crippen LogP contribution in [0.2, 0.25) is 0 Å². The first-order valence-corrected chi connectivity index (χ1v) is 6.93. The molecule has 6 nitrogen and oxygen atoms in total. The summed E-state index contributed by atoms with van der Waals surface area (Å²) in [6.45, 7) is 0. The summed E-state index contributed by atoms with van der Waals surface area (Å²) in [7, 11) is 0. The molecule has 0 unspecified atom stereocenters. The Labute approximate surface area is 124 Å². The van der Waals surface area contributed by atoms with Crippen molar-refractivity contribution in [3.8, 4) is 0 Å². The van der Waals surface area contributed by atoms with E-state index in [0.29, 0.717) is 15.6 Å². The highest BCUT2D eigenvalue weighted by atomic mass is 32.2. The molecule has 0 aromatic heterocycles. The van der Waals surface area contributed by atoms with Crippen LogP contribution in [0.3, 0.4) is 0 Å². The number of amides is 1. The van der Waals surface area contributed by atoms with Gasteiger partial charge in [0.05, 0.1) is 16.2 Å². The summed E-state index contributed by atoms with van der Waals surface area (Å²) in [5.74, 6) is 0.125. The topological polar surface area (TPSA) is 75.8 Å². The van der Waals surface area contributed by atoms with Crippen molar-refractivity contribution in [3.05, 3.63) is 46.0 Å². The monoisotopic (exact) mass is 307 g/mol. The van der Waals surface area contributed by atoms with Crippen molar-refractivity contribution in [2.45, 2.75) is 0 Å². The van der Waals surface area contributed by atoms with Crippen molar-refractivity contribution in [3.63, 3.8) is 0 Å². The number of thioether (sulfide) groups is 1. The Balaban J connectivity index is 2.09. The van der Waals surface area contributed by atoms with Crippen LogP contribution in [0, 0.1) is 10.1 Å². The van der Waals surface area contributed by atoms with Gasteiger partial charge in [-0.1, -0.05) is 36.1 Å². The number of benzene rings is 1. The van der Waals surface area contributed by atoms with Gasteiger partial charge in [0.15, 0.2) is 4.32 Å². The van der Waals surface area contributed by atoms with E-state index < -0.39 is 4.92 Å². The first-order chi connectivity index (χ1) is 9.59. The first-order valence-electron chi connectivity index (χ1n) is 5.53. The van der Waals surface area contributed by atoms with Gasteiger partial charge in [-0.25, -0.2) is 0 Å². The third kappa shape index (κ3) is 3.28. The molecule has 0 N–H and O–H groups in total. The van der Waals surface area contributed by atoms with Crippen LogP contribution in [0.15, 0.2) is 35.4 Å². The van der Waals surface area contributed by atoms with E-state index >= 15 is 0 Å². The number of hydrazone groups is 1. The van der Waals surface area contributed by atoms with E-state index in [1.807, 2.05) is 0 Å². The summed E-state index contributed by atoms with van der Waals surface area (Å²) in [6, 6.07) is 6.36. The molecular weight excluding hydrogens is 298 g/mol. The average molecular weight is 307 g/mol. The van der Waals surface area contributed by atoms with Crippen LogP contribution >= 0.6 is 24.0 Å². The quantitative estimate of drug-likeness (QED) is 0.369. The molecule has 1 amide bonds. The summed E-state index contributed by atoms with van der Waals surface area (Å²) in [6.07, 6.45) is 4.46. The van der Waals surface area contributed by atoms with Crippen LogP contribution in [0.4, 0.5) is 5.69 Å². The molecule has 102 valence electrons. The molecular formula is C12H9N3O3S2. The van der Waals surface area contributed by atoms with Crippen LogP contribution in [-0.2, 0) is 4.79 Å². The van der Waals surface area contributed by atoms with Crippen LogP contribution < -0.4 is 0 Å². The molecule has 0 radical (unpaired) electrons. The molecule has 1 aliphatic rings. The van der Waals surface area contributed by atoms with E-state index in [0.717, 1.165) is 5.01 Å². The van der Waals surface area contributed by atoms with Gasteiger partial charge < -0.3 is 0 Å². The second kappa shape index (κ2) is 6.40. The standard InChI is InChI=1S/C12H9N3O3S2/c16-11-8-20-12(19)14(11)13-7-3-5-9-4-1-2-6-10(9)15(17)18/h1-7H,8H2. The summed E-state index contributed by atoms with van der Waals surface area (Å²) in [4.78, 5) is 21.7. The SMILES string of the molecule is O=C1CSC(=S)N1N=CC=Cc1ccccc1[N+](=O)[O-]. The second-order valence-corrected chi connectivity index (χ2v) is 5.31. The smallest absolute Gasteiger partial charge is 0.272 e. The Hall–Kier alpha value is -2.06. The third-order valence-corrected chi connectivity index (χ3v) is 3.74. The Morgan fingerprint density at radius 3 is 2.85 bits per heavy atom. The maximum absolute atomic E-state index is 11.4. The third-order valence-electron chi connectivity index (χ3n) is 2.41. The Bertz CT molecular complexity index is 612. The molecule has 0 bridgehead atoms. The molecule has 1 saturated heterocycles. The van der Waals surface area contributed by atoms with Crippen molar-refractivity contribution in [1.82, 2.24) is 5.01 Å². The minimum Gasteiger partial charge on any atom is -0.272 e. The Morgan fingerprint density at radius 2 is 2.20 bits per heavy atom. The number of hydrogen-bond acceptors (Lipinski definition) is 6. The normalized spacial score (nSPS) is 15.7. The van der Waals surface area contributed by atoms with E-state index in [9.17, 15) is 14.9 Å². The molecule has 0 atom stereocenters. The van der Waals surface area contributed by atoms with E-state index in [-0.39, 0.29) is 11.6 Å². The van der Waals surface area contributed by atoms with Crippen molar-refractivity contribution < 1.29 is 9.72 Å². The zero-order chi connectivity index (χ0) is 14.5. The van der Waals surface area contributed by atoms with E-state index in [1.165, 1.54) is 30.1 Å². The van der Waals surface area contributed by atoms with Gasteiger partial charge in [0.25, 0.3) is 11.6 Å². The van der Waals surface area contributed by atoms with Crippen molar-refractivity contribution in [2.24, 2.45) is 5.10 Å². The molecule has 1 aromatic rings. The zero-order valence-electron chi connectivity index (χ0n) is 10.1. The molecule has 2 rings (SSSR count). The van der Waals surface area contributed by atoms with E-state index in [2.05, 4.69) is 5.10 Å². The van der Waals surface area contributed by atoms with Gasteiger partial charge in [-0.2, -0.15) is 10.1 Å². The molecule has 0 saturated carbocycles. The van der Waals surface area contributed by atoms with Crippen LogP contribution in [0.1, 0.15) is 5.56 Å². The van der Waals surface area contributed by atoms with Crippen molar-refractivity contribution in [1.29, 1.82) is 0 Å². The number of nitro benzene ring substituents is 1. The lowest BCUT2D eigenvalue weighted by Gasteiger charge is -2.04. The number of carbonyl (C=O) groups excluding carboxylic acids is 1. The number of hydrogen-bond donors (Lipinski definition) is 0.